The van der Waals surface area contributed by atoms with Gasteiger partial charge in [-0.25, -0.2) is 4.39 Å². The average molecular weight is 461 g/mol. The third kappa shape index (κ3) is 7.55. The number of nitrogens with one attached hydrogen (secondary N) is 1. The third-order valence-electron chi connectivity index (χ3n) is 5.80. The lowest BCUT2D eigenvalue weighted by Gasteiger charge is -2.32. The third-order valence-corrected chi connectivity index (χ3v) is 5.80. The van der Waals surface area contributed by atoms with Crippen LogP contribution in [0.25, 0.3) is 0 Å². The Morgan fingerprint density at radius 2 is 1.62 bits per heavy atom. The lowest BCUT2D eigenvalue weighted by molar-refractivity contribution is -0.140. The molecule has 2 amide bonds. The van der Waals surface area contributed by atoms with Gasteiger partial charge in [0.05, 0.1) is 6.42 Å². The van der Waals surface area contributed by atoms with E-state index in [4.69, 9.17) is 0 Å². The Morgan fingerprint density at radius 3 is 2.29 bits per heavy atom. The van der Waals surface area contributed by atoms with Crippen molar-refractivity contribution in [2.45, 2.75) is 52.1 Å². The number of carbonyl (C=O) groups is 2. The van der Waals surface area contributed by atoms with Crippen molar-refractivity contribution in [1.29, 1.82) is 0 Å². The van der Waals surface area contributed by atoms with Gasteiger partial charge in [0.15, 0.2) is 0 Å². The Balaban J connectivity index is 1.93. The molecule has 0 bridgehead atoms. The van der Waals surface area contributed by atoms with Crippen LogP contribution in [0.1, 0.15) is 42.0 Å². The molecule has 0 aliphatic rings. The summed E-state index contributed by atoms with van der Waals surface area (Å²) < 4.78 is 13.5. The quantitative estimate of drug-likeness (QED) is 0.398. The normalized spacial score (nSPS) is 11.6. The van der Waals surface area contributed by atoms with Crippen molar-refractivity contribution in [2.75, 3.05) is 6.54 Å². The molecule has 0 saturated carbocycles. The van der Waals surface area contributed by atoms with Gasteiger partial charge < -0.3 is 10.2 Å². The minimum absolute atomic E-state index is 0.138. The van der Waals surface area contributed by atoms with E-state index in [0.29, 0.717) is 13.0 Å². The van der Waals surface area contributed by atoms with Gasteiger partial charge in [0.25, 0.3) is 0 Å². The van der Waals surface area contributed by atoms with Crippen LogP contribution in [0, 0.1) is 12.7 Å². The lowest BCUT2D eigenvalue weighted by Crippen LogP contribution is -2.51. The summed E-state index contributed by atoms with van der Waals surface area (Å²) in [6, 6.07) is 23.0. The van der Waals surface area contributed by atoms with Gasteiger partial charge in [-0.3, -0.25) is 9.59 Å². The van der Waals surface area contributed by atoms with E-state index in [-0.39, 0.29) is 30.6 Å². The van der Waals surface area contributed by atoms with E-state index in [9.17, 15) is 14.0 Å². The number of halogens is 1. The number of hydrogen-bond acceptors (Lipinski definition) is 2. The van der Waals surface area contributed by atoms with Crippen molar-refractivity contribution in [3.05, 3.63) is 107 Å². The molecule has 5 heteroatoms. The zero-order chi connectivity index (χ0) is 24.3. The summed E-state index contributed by atoms with van der Waals surface area (Å²) in [6.45, 7) is 4.85. The maximum atomic E-state index is 13.6. The predicted molar refractivity (Wildman–Crippen MR) is 134 cm³/mol. The van der Waals surface area contributed by atoms with E-state index in [0.717, 1.165) is 35.1 Å². The topological polar surface area (TPSA) is 49.4 Å². The van der Waals surface area contributed by atoms with Crippen molar-refractivity contribution in [3.8, 4) is 0 Å². The van der Waals surface area contributed by atoms with Gasteiger partial charge in [-0.2, -0.15) is 0 Å². The summed E-state index contributed by atoms with van der Waals surface area (Å²) in [4.78, 5) is 28.6. The molecule has 0 fully saturated rings. The molecule has 0 unspecified atom stereocenters. The fourth-order valence-corrected chi connectivity index (χ4v) is 3.94. The van der Waals surface area contributed by atoms with Crippen molar-refractivity contribution < 1.29 is 14.0 Å². The van der Waals surface area contributed by atoms with Crippen molar-refractivity contribution in [1.82, 2.24) is 10.2 Å². The van der Waals surface area contributed by atoms with Crippen LogP contribution in [0.3, 0.4) is 0 Å². The number of amides is 2. The van der Waals surface area contributed by atoms with Crippen LogP contribution in [0.15, 0.2) is 78.9 Å². The Labute approximate surface area is 201 Å². The minimum Gasteiger partial charge on any atom is -0.354 e. The Kier molecular flexibility index (Phi) is 9.39. The monoisotopic (exact) mass is 460 g/mol. The van der Waals surface area contributed by atoms with Crippen molar-refractivity contribution in [2.24, 2.45) is 0 Å². The van der Waals surface area contributed by atoms with Crippen LogP contribution in [-0.2, 0) is 29.0 Å². The number of unbranched alkanes of at least 4 members (excludes halogenated alkanes) is 1. The highest BCUT2D eigenvalue weighted by Gasteiger charge is 2.30. The number of rotatable bonds is 11. The SMILES string of the molecule is CCCCNC(=O)[C@@H](Cc1ccccc1)N(Cc1ccc(F)cc1)C(=O)Cc1cccc(C)c1. The van der Waals surface area contributed by atoms with Gasteiger partial charge in [-0.1, -0.05) is 85.6 Å². The lowest BCUT2D eigenvalue weighted by atomic mass is 10.0. The highest BCUT2D eigenvalue weighted by Crippen LogP contribution is 2.17. The van der Waals surface area contributed by atoms with Gasteiger partial charge in [-0.15, -0.1) is 0 Å². The first kappa shape index (κ1) is 25.2. The highest BCUT2D eigenvalue weighted by molar-refractivity contribution is 5.88. The molecule has 0 aliphatic carbocycles. The molecule has 0 aromatic heterocycles. The maximum absolute atomic E-state index is 13.6. The summed E-state index contributed by atoms with van der Waals surface area (Å²) in [5, 5.41) is 3.01. The number of carbonyl (C=O) groups excluding carboxylic acids is 2. The zero-order valence-electron chi connectivity index (χ0n) is 20.0. The van der Waals surface area contributed by atoms with E-state index in [1.807, 2.05) is 61.5 Å². The fourth-order valence-electron chi connectivity index (χ4n) is 3.94. The number of benzene rings is 3. The van der Waals surface area contributed by atoms with Crippen LogP contribution in [0.4, 0.5) is 4.39 Å². The minimum atomic E-state index is -0.679. The number of hydrogen-bond donors (Lipinski definition) is 1. The molecule has 3 aromatic carbocycles. The van der Waals surface area contributed by atoms with Crippen LogP contribution >= 0.6 is 0 Å². The standard InChI is InChI=1S/C29H33FN2O2/c1-3-4-17-31-29(34)27(19-23-10-6-5-7-11-23)32(21-24-13-15-26(30)16-14-24)28(33)20-25-12-8-9-22(2)18-25/h5-16,18,27H,3-4,17,19-21H2,1-2H3,(H,31,34)/t27-/m1/s1. The molecule has 178 valence electrons. The second kappa shape index (κ2) is 12.7. The summed E-state index contributed by atoms with van der Waals surface area (Å²) in [5.41, 5.74) is 3.73. The zero-order valence-corrected chi connectivity index (χ0v) is 20.0. The van der Waals surface area contributed by atoms with Crippen LogP contribution < -0.4 is 5.32 Å². The molecule has 1 atom stereocenters. The Morgan fingerprint density at radius 1 is 0.912 bits per heavy atom. The second-order valence-corrected chi connectivity index (χ2v) is 8.66. The molecule has 0 radical (unpaired) electrons. The van der Waals surface area contributed by atoms with E-state index in [1.165, 1.54) is 12.1 Å². The first-order chi connectivity index (χ1) is 16.5. The average Bonchev–Trinajstić information content (AvgIpc) is 2.83. The van der Waals surface area contributed by atoms with E-state index in [1.54, 1.807) is 17.0 Å². The highest BCUT2D eigenvalue weighted by atomic mass is 19.1. The second-order valence-electron chi connectivity index (χ2n) is 8.66. The summed E-state index contributed by atoms with van der Waals surface area (Å²) in [7, 11) is 0. The molecule has 0 heterocycles. The van der Waals surface area contributed by atoms with Crippen LogP contribution in [0.5, 0.6) is 0 Å². The number of aryl methyl sites for hydroxylation is 1. The molecule has 4 nitrogen and oxygen atoms in total. The molecule has 0 saturated heterocycles. The molecule has 3 rings (SSSR count). The predicted octanol–water partition coefficient (Wildman–Crippen LogP) is 5.23. The van der Waals surface area contributed by atoms with Crippen LogP contribution in [-0.4, -0.2) is 29.3 Å². The van der Waals surface area contributed by atoms with Crippen LogP contribution in [0.2, 0.25) is 0 Å². The van der Waals surface area contributed by atoms with Gasteiger partial charge in [0.2, 0.25) is 11.8 Å². The van der Waals surface area contributed by atoms with Gasteiger partial charge in [-0.05, 0) is 42.2 Å². The van der Waals surface area contributed by atoms with Gasteiger partial charge >= 0.3 is 0 Å². The largest absolute Gasteiger partial charge is 0.354 e. The molecular weight excluding hydrogens is 427 g/mol. The molecule has 34 heavy (non-hydrogen) atoms. The van der Waals surface area contributed by atoms with Gasteiger partial charge in [0.1, 0.15) is 11.9 Å². The first-order valence-electron chi connectivity index (χ1n) is 11.9. The molecule has 0 aliphatic heterocycles. The number of nitrogens with zero attached hydrogens (tertiary/aromatic N) is 1. The smallest absolute Gasteiger partial charge is 0.243 e. The summed E-state index contributed by atoms with van der Waals surface area (Å²) in [6.07, 6.45) is 2.43. The molecule has 3 aromatic rings. The Bertz CT molecular complexity index is 1070. The van der Waals surface area contributed by atoms with Crippen molar-refractivity contribution in [3.63, 3.8) is 0 Å². The fraction of sp³-hybridized carbons (Fsp3) is 0.310. The first-order valence-corrected chi connectivity index (χ1v) is 11.9. The summed E-state index contributed by atoms with van der Waals surface area (Å²) in [5.74, 6) is -0.641. The maximum Gasteiger partial charge on any atom is 0.243 e. The molecule has 1 N–H and O–H groups in total. The molecule has 0 spiro atoms. The van der Waals surface area contributed by atoms with Gasteiger partial charge in [0, 0.05) is 19.5 Å². The van der Waals surface area contributed by atoms with Crippen molar-refractivity contribution >= 4 is 11.8 Å². The Hall–Kier alpha value is -3.47. The van der Waals surface area contributed by atoms with E-state index >= 15 is 0 Å². The summed E-state index contributed by atoms with van der Waals surface area (Å²) >= 11 is 0. The van der Waals surface area contributed by atoms with E-state index < -0.39 is 6.04 Å². The molecular formula is C29H33FN2O2. The van der Waals surface area contributed by atoms with E-state index in [2.05, 4.69) is 12.2 Å².